The first-order valence-corrected chi connectivity index (χ1v) is 3.04. The van der Waals surface area contributed by atoms with Gasteiger partial charge in [0.25, 0.3) is 0 Å². The van der Waals surface area contributed by atoms with E-state index in [9.17, 15) is 4.79 Å². The van der Waals surface area contributed by atoms with Crippen LogP contribution in [0.5, 0.6) is 0 Å². The average Bonchev–Trinajstić information content (AvgIpc) is 1.65. The van der Waals surface area contributed by atoms with Crippen molar-refractivity contribution in [1.82, 2.24) is 0 Å². The molecule has 0 saturated heterocycles. The van der Waals surface area contributed by atoms with E-state index in [0.29, 0.717) is 5.92 Å². The fraction of sp³-hybridized carbons (Fsp3) is 0.857. The van der Waals surface area contributed by atoms with Crippen LogP contribution in [-0.4, -0.2) is 6.29 Å². The van der Waals surface area contributed by atoms with E-state index in [1.807, 2.05) is 13.2 Å². The van der Waals surface area contributed by atoms with Crippen molar-refractivity contribution in [2.45, 2.75) is 27.2 Å². The maximum Gasteiger partial charge on any atom is 0 e. The number of hydrogen-bond acceptors (Lipinski definition) is 1. The van der Waals surface area contributed by atoms with E-state index in [4.69, 9.17) is 0 Å². The molecule has 0 aromatic heterocycles. The summed E-state index contributed by atoms with van der Waals surface area (Å²) in [6.45, 7) is 6.11. The Hall–Kier alpha value is 0.774. The van der Waals surface area contributed by atoms with Crippen LogP contribution in [0.25, 0.3) is 0 Å². The van der Waals surface area contributed by atoms with Gasteiger partial charge in [-0.2, -0.15) is 0 Å². The molecule has 1 atom stereocenters. The van der Waals surface area contributed by atoms with Gasteiger partial charge in [-0.15, -0.1) is 5.92 Å². The Morgan fingerprint density at radius 2 is 1.78 bits per heavy atom. The van der Waals surface area contributed by atoms with Crippen LogP contribution in [0.15, 0.2) is 0 Å². The summed E-state index contributed by atoms with van der Waals surface area (Å²) in [5.41, 5.74) is 0. The molecule has 0 fully saturated rings. The number of hydrogen-bond donors (Lipinski definition) is 0. The summed E-state index contributed by atoms with van der Waals surface area (Å²) < 4.78 is 0. The van der Waals surface area contributed by atoms with Crippen LogP contribution < -0.4 is 0 Å². The molecule has 0 spiro atoms. The van der Waals surface area contributed by atoms with E-state index in [2.05, 4.69) is 13.8 Å². The van der Waals surface area contributed by atoms with Crippen LogP contribution in [0.3, 0.4) is 0 Å². The predicted octanol–water partition coefficient (Wildman–Crippen LogP) is 1.78. The summed E-state index contributed by atoms with van der Waals surface area (Å²) in [6, 6.07) is 0. The molecule has 0 aromatic rings. The molecule has 0 aliphatic rings. The first-order valence-electron chi connectivity index (χ1n) is 3.04. The van der Waals surface area contributed by atoms with Crippen molar-refractivity contribution >= 4 is 6.29 Å². The monoisotopic (exact) mass is 202 g/mol. The van der Waals surface area contributed by atoms with Gasteiger partial charge in [-0.05, 0) is 5.92 Å². The summed E-state index contributed by atoms with van der Waals surface area (Å²) >= 11 is 0. The molecule has 9 heavy (non-hydrogen) atoms. The molecule has 0 rings (SSSR count). The molecule has 0 aromatic carbocycles. The molecule has 0 N–H and O–H groups in total. The molecule has 1 radical (unpaired) electrons. The van der Waals surface area contributed by atoms with Gasteiger partial charge in [0.2, 0.25) is 0 Å². The van der Waals surface area contributed by atoms with Gasteiger partial charge in [-0.3, -0.25) is 6.29 Å². The molecule has 1 nitrogen and oxygen atoms in total. The first-order chi connectivity index (χ1) is 3.66. The van der Waals surface area contributed by atoms with Crippen LogP contribution in [0, 0.1) is 11.8 Å². The Labute approximate surface area is 82.5 Å². The first kappa shape index (κ1) is 12.5. The van der Waals surface area contributed by atoms with Crippen LogP contribution in [0.4, 0.5) is 0 Å². The standard InChI is InChI=1S/C7H13O.Y/c1-6(2)4-7(3)5-8;/h6-7H,4H2,1-3H3;/q-1;. The van der Waals surface area contributed by atoms with Crippen molar-refractivity contribution in [2.24, 2.45) is 11.8 Å². The maximum absolute atomic E-state index is 9.92. The van der Waals surface area contributed by atoms with Gasteiger partial charge in [-0.1, -0.05) is 27.2 Å². The molecular formula is C7H13OY-. The number of carbonyl (C=O) groups excluding carboxylic acids is 1. The molecule has 0 bridgehead atoms. The molecule has 0 saturated carbocycles. The minimum absolute atomic E-state index is 0. The van der Waals surface area contributed by atoms with Crippen LogP contribution in [0.2, 0.25) is 0 Å². The van der Waals surface area contributed by atoms with Gasteiger partial charge in [0.15, 0.2) is 0 Å². The number of rotatable bonds is 3. The minimum Gasteiger partial charge on any atom is -0.542 e. The Bertz CT molecular complexity index is 71.3. The Morgan fingerprint density at radius 3 is 1.89 bits per heavy atom. The van der Waals surface area contributed by atoms with Crippen molar-refractivity contribution in [2.75, 3.05) is 0 Å². The van der Waals surface area contributed by atoms with E-state index in [-0.39, 0.29) is 38.6 Å². The molecule has 2 heteroatoms. The smallest absolute Gasteiger partial charge is 0 e. The second kappa shape index (κ2) is 6.89. The third-order valence-electron chi connectivity index (χ3n) is 1.03. The molecule has 0 amide bonds. The fourth-order valence-electron chi connectivity index (χ4n) is 0.755. The van der Waals surface area contributed by atoms with E-state index < -0.39 is 0 Å². The zero-order chi connectivity index (χ0) is 6.57. The maximum atomic E-state index is 9.92. The Morgan fingerprint density at radius 1 is 1.33 bits per heavy atom. The van der Waals surface area contributed by atoms with Crippen LogP contribution >= 0.6 is 0 Å². The SMILES string of the molecule is CC(C)CC(C)[C-]=O.[Y]. The van der Waals surface area contributed by atoms with E-state index in [1.54, 1.807) is 0 Å². The molecule has 0 aliphatic heterocycles. The third-order valence-corrected chi connectivity index (χ3v) is 1.03. The topological polar surface area (TPSA) is 17.1 Å². The summed E-state index contributed by atoms with van der Waals surface area (Å²) in [5, 5.41) is 0. The van der Waals surface area contributed by atoms with E-state index in [0.717, 1.165) is 6.42 Å². The Balaban J connectivity index is 0. The molecule has 1 unspecified atom stereocenters. The zero-order valence-electron chi connectivity index (χ0n) is 6.35. The average molecular weight is 202 g/mol. The van der Waals surface area contributed by atoms with Gasteiger partial charge in [0.05, 0.1) is 0 Å². The molecular weight excluding hydrogens is 189 g/mol. The van der Waals surface area contributed by atoms with Crippen molar-refractivity contribution < 1.29 is 37.5 Å². The van der Waals surface area contributed by atoms with E-state index >= 15 is 0 Å². The summed E-state index contributed by atoms with van der Waals surface area (Å²) in [4.78, 5) is 9.92. The van der Waals surface area contributed by atoms with Crippen LogP contribution in [0.1, 0.15) is 27.2 Å². The Kier molecular flexibility index (Phi) is 9.53. The van der Waals surface area contributed by atoms with Crippen molar-refractivity contribution in [1.29, 1.82) is 0 Å². The summed E-state index contributed by atoms with van der Waals surface area (Å²) in [5.74, 6) is 0.737. The van der Waals surface area contributed by atoms with Gasteiger partial charge in [0, 0.05) is 32.7 Å². The van der Waals surface area contributed by atoms with Crippen molar-refractivity contribution in [3.8, 4) is 0 Å². The van der Waals surface area contributed by atoms with E-state index in [1.165, 1.54) is 0 Å². The zero-order valence-corrected chi connectivity index (χ0v) is 9.19. The fourth-order valence-corrected chi connectivity index (χ4v) is 0.755. The van der Waals surface area contributed by atoms with Gasteiger partial charge in [0.1, 0.15) is 0 Å². The second-order valence-electron chi connectivity index (χ2n) is 2.65. The minimum atomic E-state index is 0. The summed E-state index contributed by atoms with van der Waals surface area (Å²) in [6.07, 6.45) is 2.91. The van der Waals surface area contributed by atoms with Gasteiger partial charge in [-0.25, -0.2) is 0 Å². The molecule has 0 aliphatic carbocycles. The van der Waals surface area contributed by atoms with Crippen LogP contribution in [-0.2, 0) is 37.5 Å². The predicted molar refractivity (Wildman–Crippen MR) is 34.3 cm³/mol. The normalized spacial score (nSPS) is 12.4. The van der Waals surface area contributed by atoms with Crippen molar-refractivity contribution in [3.05, 3.63) is 0 Å². The van der Waals surface area contributed by atoms with Gasteiger partial charge >= 0.3 is 0 Å². The van der Waals surface area contributed by atoms with Crippen molar-refractivity contribution in [3.63, 3.8) is 0 Å². The second-order valence-corrected chi connectivity index (χ2v) is 2.65. The summed E-state index contributed by atoms with van der Waals surface area (Å²) in [7, 11) is 0. The third kappa shape index (κ3) is 8.77. The molecule has 0 heterocycles. The largest absolute Gasteiger partial charge is 0.542 e. The van der Waals surface area contributed by atoms with Gasteiger partial charge < -0.3 is 4.79 Å². The quantitative estimate of drug-likeness (QED) is 0.637. The molecule has 51 valence electrons.